The van der Waals surface area contributed by atoms with E-state index in [4.69, 9.17) is 0 Å². The Labute approximate surface area is 95.7 Å². The number of phenolic OH excluding ortho intramolecular Hbond substituents is 2. The largest absolute Gasteiger partial charge is 0.508 e. The first kappa shape index (κ1) is 12.6. The molecule has 0 amide bonds. The summed E-state index contributed by atoms with van der Waals surface area (Å²) in [4.78, 5) is 11.4. The molecule has 0 unspecified atom stereocenters. The number of aromatic hydroxyl groups is 2. The van der Waals surface area contributed by atoms with E-state index >= 15 is 0 Å². The molecule has 88 valence electrons. The number of carbonyl (C=O) groups is 1. The topological polar surface area (TPSA) is 57.5 Å². The molecule has 1 rings (SSSR count). The lowest BCUT2D eigenvalue weighted by Crippen LogP contribution is -2.00. The van der Waals surface area contributed by atoms with E-state index < -0.39 is 0 Å². The smallest absolute Gasteiger partial charge is 0.163 e. The van der Waals surface area contributed by atoms with Crippen molar-refractivity contribution in [3.05, 3.63) is 23.3 Å². The highest BCUT2D eigenvalue weighted by Crippen LogP contribution is 2.28. The van der Waals surface area contributed by atoms with Crippen LogP contribution in [0.4, 0.5) is 0 Å². The Morgan fingerprint density at radius 1 is 1.25 bits per heavy atom. The number of aryl methyl sites for hydroxylation is 1. The van der Waals surface area contributed by atoms with Crippen LogP contribution in [0.15, 0.2) is 12.1 Å². The van der Waals surface area contributed by atoms with E-state index in [9.17, 15) is 15.0 Å². The number of unbranched alkanes of at least 4 members (excludes halogenated alkanes) is 2. The molecular weight excluding hydrogens is 204 g/mol. The first-order chi connectivity index (χ1) is 7.56. The van der Waals surface area contributed by atoms with Gasteiger partial charge in [0.2, 0.25) is 0 Å². The Morgan fingerprint density at radius 2 is 1.94 bits per heavy atom. The predicted molar refractivity (Wildman–Crippen MR) is 63.0 cm³/mol. The van der Waals surface area contributed by atoms with Crippen LogP contribution in [0.1, 0.15) is 49.0 Å². The Kier molecular flexibility index (Phi) is 4.35. The van der Waals surface area contributed by atoms with Crippen LogP contribution in [0.3, 0.4) is 0 Å². The summed E-state index contributed by atoms with van der Waals surface area (Å²) in [5, 5.41) is 19.0. The molecule has 0 aliphatic carbocycles. The van der Waals surface area contributed by atoms with Gasteiger partial charge in [0.15, 0.2) is 5.78 Å². The van der Waals surface area contributed by atoms with Gasteiger partial charge in [0.25, 0.3) is 0 Å². The number of hydrogen-bond acceptors (Lipinski definition) is 3. The second-order valence-corrected chi connectivity index (χ2v) is 4.01. The molecule has 0 spiro atoms. The molecule has 1 aromatic carbocycles. The third-order valence-electron chi connectivity index (χ3n) is 2.59. The van der Waals surface area contributed by atoms with Gasteiger partial charge < -0.3 is 10.2 Å². The van der Waals surface area contributed by atoms with Crippen LogP contribution in [-0.2, 0) is 6.42 Å². The minimum absolute atomic E-state index is 0.00833. The Hall–Kier alpha value is -1.51. The lowest BCUT2D eigenvalue weighted by atomic mass is 9.97. The molecule has 1 aromatic rings. The molecule has 0 fully saturated rings. The van der Waals surface area contributed by atoms with Gasteiger partial charge in [-0.15, -0.1) is 0 Å². The zero-order chi connectivity index (χ0) is 12.1. The Balaban J connectivity index is 2.99. The van der Waals surface area contributed by atoms with Crippen molar-refractivity contribution in [1.82, 2.24) is 0 Å². The van der Waals surface area contributed by atoms with Crippen LogP contribution in [0.5, 0.6) is 11.5 Å². The van der Waals surface area contributed by atoms with E-state index in [0.29, 0.717) is 12.0 Å². The molecule has 0 aromatic heterocycles. The van der Waals surface area contributed by atoms with Crippen molar-refractivity contribution < 1.29 is 15.0 Å². The average Bonchev–Trinajstić information content (AvgIpc) is 2.16. The van der Waals surface area contributed by atoms with Gasteiger partial charge in [0, 0.05) is 6.07 Å². The van der Waals surface area contributed by atoms with Gasteiger partial charge in [0.05, 0.1) is 5.56 Å². The maximum atomic E-state index is 11.4. The number of carbonyl (C=O) groups excluding carboxylic acids is 1. The summed E-state index contributed by atoms with van der Waals surface area (Å²) in [6.45, 7) is 3.53. The van der Waals surface area contributed by atoms with E-state index in [-0.39, 0.29) is 17.3 Å². The highest BCUT2D eigenvalue weighted by atomic mass is 16.3. The number of phenols is 2. The molecule has 2 N–H and O–H groups in total. The number of benzene rings is 1. The normalized spacial score (nSPS) is 10.4. The van der Waals surface area contributed by atoms with E-state index in [1.807, 2.05) is 0 Å². The molecule has 0 aliphatic heterocycles. The molecule has 0 saturated carbocycles. The van der Waals surface area contributed by atoms with Crippen molar-refractivity contribution in [2.24, 2.45) is 0 Å². The summed E-state index contributed by atoms with van der Waals surface area (Å²) in [6, 6.07) is 2.77. The van der Waals surface area contributed by atoms with Crippen LogP contribution in [0.2, 0.25) is 0 Å². The maximum absolute atomic E-state index is 11.4. The fourth-order valence-electron chi connectivity index (χ4n) is 1.84. The standard InChI is InChI=1S/C13H18O3/c1-3-4-5-6-10-7-11(15)8-12(16)13(10)9(2)14/h7-8,15-16H,3-6H2,1-2H3. The van der Waals surface area contributed by atoms with Gasteiger partial charge in [-0.25, -0.2) is 0 Å². The molecule has 3 heteroatoms. The van der Waals surface area contributed by atoms with E-state index in [0.717, 1.165) is 24.8 Å². The van der Waals surface area contributed by atoms with Gasteiger partial charge in [-0.2, -0.15) is 0 Å². The van der Waals surface area contributed by atoms with Crippen molar-refractivity contribution in [2.75, 3.05) is 0 Å². The summed E-state index contributed by atoms with van der Waals surface area (Å²) >= 11 is 0. The monoisotopic (exact) mass is 222 g/mol. The molecule has 0 aliphatic rings. The van der Waals surface area contributed by atoms with Gasteiger partial charge >= 0.3 is 0 Å². The highest BCUT2D eigenvalue weighted by molar-refractivity contribution is 5.98. The van der Waals surface area contributed by atoms with Crippen LogP contribution < -0.4 is 0 Å². The molecule has 0 heterocycles. The van der Waals surface area contributed by atoms with E-state index in [2.05, 4.69) is 6.92 Å². The summed E-state index contributed by atoms with van der Waals surface area (Å²) in [5.74, 6) is -0.281. The van der Waals surface area contributed by atoms with Crippen molar-refractivity contribution >= 4 is 5.78 Å². The second-order valence-electron chi connectivity index (χ2n) is 4.01. The first-order valence-corrected chi connectivity index (χ1v) is 5.62. The SMILES string of the molecule is CCCCCc1cc(O)cc(O)c1C(C)=O. The van der Waals surface area contributed by atoms with E-state index in [1.54, 1.807) is 6.07 Å². The lowest BCUT2D eigenvalue weighted by Gasteiger charge is -2.09. The van der Waals surface area contributed by atoms with Gasteiger partial charge in [-0.1, -0.05) is 19.8 Å². The van der Waals surface area contributed by atoms with Crippen molar-refractivity contribution in [3.63, 3.8) is 0 Å². The van der Waals surface area contributed by atoms with Crippen LogP contribution in [-0.4, -0.2) is 16.0 Å². The summed E-state index contributed by atoms with van der Waals surface area (Å²) in [7, 11) is 0. The summed E-state index contributed by atoms with van der Waals surface area (Å²) < 4.78 is 0. The molecular formula is C13H18O3. The zero-order valence-corrected chi connectivity index (χ0v) is 9.79. The number of ketones is 1. The van der Waals surface area contributed by atoms with Gasteiger partial charge in [-0.05, 0) is 31.4 Å². The average molecular weight is 222 g/mol. The molecule has 0 bridgehead atoms. The van der Waals surface area contributed by atoms with Gasteiger partial charge in [-0.3, -0.25) is 4.79 Å². The number of Topliss-reactive ketones (excluding diaryl/α,β-unsaturated/α-hetero) is 1. The number of hydrogen-bond donors (Lipinski definition) is 2. The number of rotatable bonds is 5. The molecule has 0 atom stereocenters. The quantitative estimate of drug-likeness (QED) is 0.594. The lowest BCUT2D eigenvalue weighted by molar-refractivity contribution is 0.101. The molecule has 0 saturated heterocycles. The summed E-state index contributed by atoms with van der Waals surface area (Å²) in [6.07, 6.45) is 3.85. The highest BCUT2D eigenvalue weighted by Gasteiger charge is 2.13. The van der Waals surface area contributed by atoms with E-state index in [1.165, 1.54) is 13.0 Å². The first-order valence-electron chi connectivity index (χ1n) is 5.62. The fourth-order valence-corrected chi connectivity index (χ4v) is 1.84. The van der Waals surface area contributed by atoms with Crippen molar-refractivity contribution in [3.8, 4) is 11.5 Å². The Morgan fingerprint density at radius 3 is 2.50 bits per heavy atom. The minimum Gasteiger partial charge on any atom is -0.508 e. The van der Waals surface area contributed by atoms with Gasteiger partial charge in [0.1, 0.15) is 11.5 Å². The predicted octanol–water partition coefficient (Wildman–Crippen LogP) is 3.03. The zero-order valence-electron chi connectivity index (χ0n) is 9.79. The minimum atomic E-state index is -0.163. The van der Waals surface area contributed by atoms with Crippen molar-refractivity contribution in [2.45, 2.75) is 39.5 Å². The summed E-state index contributed by atoms with van der Waals surface area (Å²) in [5.41, 5.74) is 1.08. The van der Waals surface area contributed by atoms with Crippen LogP contribution >= 0.6 is 0 Å². The van der Waals surface area contributed by atoms with Crippen LogP contribution in [0, 0.1) is 0 Å². The third kappa shape index (κ3) is 2.99. The van der Waals surface area contributed by atoms with Crippen molar-refractivity contribution in [1.29, 1.82) is 0 Å². The fraction of sp³-hybridized carbons (Fsp3) is 0.462. The van der Waals surface area contributed by atoms with Crippen LogP contribution in [0.25, 0.3) is 0 Å². The molecule has 16 heavy (non-hydrogen) atoms. The third-order valence-corrected chi connectivity index (χ3v) is 2.59. The Bertz CT molecular complexity index is 383. The molecule has 0 radical (unpaired) electrons. The second kappa shape index (κ2) is 5.54. The molecule has 3 nitrogen and oxygen atoms in total. The maximum Gasteiger partial charge on any atom is 0.163 e.